The predicted octanol–water partition coefficient (Wildman–Crippen LogP) is 4.21. The maximum absolute atomic E-state index is 13.0. The Bertz CT molecular complexity index is 767. The van der Waals surface area contributed by atoms with E-state index >= 15 is 0 Å². The number of hydrogen-bond acceptors (Lipinski definition) is 3. The van der Waals surface area contributed by atoms with Crippen LogP contribution in [0.4, 0.5) is 10.1 Å². The first-order chi connectivity index (χ1) is 10.9. The molecule has 0 spiro atoms. The first-order valence-electron chi connectivity index (χ1n) is 6.52. The van der Waals surface area contributed by atoms with E-state index in [-0.39, 0.29) is 17.4 Å². The molecule has 23 heavy (non-hydrogen) atoms. The van der Waals surface area contributed by atoms with Gasteiger partial charge in [0, 0.05) is 15.2 Å². The Morgan fingerprint density at radius 3 is 2.61 bits per heavy atom. The zero-order chi connectivity index (χ0) is 17.0. The van der Waals surface area contributed by atoms with Crippen molar-refractivity contribution in [3.8, 4) is 0 Å². The molecule has 4 nitrogen and oxygen atoms in total. The highest BCUT2D eigenvalue weighted by Crippen LogP contribution is 2.23. The van der Waals surface area contributed by atoms with E-state index in [9.17, 15) is 14.0 Å². The molecule has 0 fully saturated rings. The molecule has 0 aromatic heterocycles. The van der Waals surface area contributed by atoms with Gasteiger partial charge in [-0.25, -0.2) is 9.18 Å². The van der Waals surface area contributed by atoms with Crippen LogP contribution in [0.1, 0.15) is 15.9 Å². The second-order valence-corrected chi connectivity index (χ2v) is 5.91. The lowest BCUT2D eigenvalue weighted by molar-refractivity contribution is -0.115. The molecular weight excluding hydrogens is 389 g/mol. The van der Waals surface area contributed by atoms with E-state index < -0.39 is 11.8 Å². The minimum absolute atomic E-state index is 0.00941. The van der Waals surface area contributed by atoms with E-state index in [1.54, 1.807) is 12.1 Å². The van der Waals surface area contributed by atoms with E-state index in [0.29, 0.717) is 21.3 Å². The first-order valence-corrected chi connectivity index (χ1v) is 7.69. The van der Waals surface area contributed by atoms with Crippen LogP contribution >= 0.6 is 27.5 Å². The smallest absolute Gasteiger partial charge is 0.339 e. The maximum atomic E-state index is 13.0. The van der Waals surface area contributed by atoms with Crippen molar-refractivity contribution in [1.82, 2.24) is 0 Å². The van der Waals surface area contributed by atoms with Crippen LogP contribution in [0.25, 0.3) is 0 Å². The van der Waals surface area contributed by atoms with Gasteiger partial charge in [-0.15, -0.1) is 0 Å². The highest BCUT2D eigenvalue weighted by atomic mass is 79.9. The van der Waals surface area contributed by atoms with Gasteiger partial charge in [-0.05, 0) is 51.8 Å². The lowest BCUT2D eigenvalue weighted by atomic mass is 10.1. The van der Waals surface area contributed by atoms with Gasteiger partial charge in [-0.3, -0.25) is 4.79 Å². The third-order valence-corrected chi connectivity index (χ3v) is 4.03. The average Bonchev–Trinajstić information content (AvgIpc) is 2.49. The molecule has 0 heterocycles. The van der Waals surface area contributed by atoms with E-state index in [4.69, 9.17) is 11.6 Å². The van der Waals surface area contributed by atoms with Gasteiger partial charge < -0.3 is 10.1 Å². The number of benzene rings is 2. The Hall–Kier alpha value is -1.92. The molecular formula is C16H12BrClFNO3. The summed E-state index contributed by atoms with van der Waals surface area (Å²) in [6.07, 6.45) is 0.00941. The highest BCUT2D eigenvalue weighted by Gasteiger charge is 2.12. The number of anilines is 1. The largest absolute Gasteiger partial charge is 0.465 e. The number of amides is 1. The van der Waals surface area contributed by atoms with Crippen molar-refractivity contribution in [2.45, 2.75) is 6.42 Å². The van der Waals surface area contributed by atoms with Gasteiger partial charge in [0.15, 0.2) is 0 Å². The lowest BCUT2D eigenvalue weighted by Crippen LogP contribution is -2.15. The Morgan fingerprint density at radius 2 is 2.00 bits per heavy atom. The minimum atomic E-state index is -0.479. The SMILES string of the molecule is COC(=O)c1ccc(NC(=O)Cc2ccc(F)cc2Cl)cc1Br. The number of rotatable bonds is 4. The van der Waals surface area contributed by atoms with Crippen LogP contribution in [0, 0.1) is 5.82 Å². The summed E-state index contributed by atoms with van der Waals surface area (Å²) in [4.78, 5) is 23.5. The maximum Gasteiger partial charge on any atom is 0.339 e. The summed E-state index contributed by atoms with van der Waals surface area (Å²) in [5, 5.41) is 2.88. The highest BCUT2D eigenvalue weighted by molar-refractivity contribution is 9.10. The van der Waals surface area contributed by atoms with Crippen LogP contribution in [0.3, 0.4) is 0 Å². The van der Waals surface area contributed by atoms with E-state index in [1.165, 1.54) is 25.3 Å². The van der Waals surface area contributed by atoms with Gasteiger partial charge in [0.1, 0.15) is 5.82 Å². The van der Waals surface area contributed by atoms with Crippen LogP contribution in [-0.4, -0.2) is 19.0 Å². The van der Waals surface area contributed by atoms with Crippen molar-refractivity contribution in [3.05, 3.63) is 62.8 Å². The predicted molar refractivity (Wildman–Crippen MR) is 89.2 cm³/mol. The molecule has 0 radical (unpaired) electrons. The topological polar surface area (TPSA) is 55.4 Å². The zero-order valence-corrected chi connectivity index (χ0v) is 14.4. The lowest BCUT2D eigenvalue weighted by Gasteiger charge is -2.09. The number of hydrogen-bond donors (Lipinski definition) is 1. The number of carbonyl (C=O) groups excluding carboxylic acids is 2. The molecule has 0 unspecified atom stereocenters. The molecule has 2 aromatic carbocycles. The number of halogens is 3. The number of methoxy groups -OCH3 is 1. The second-order valence-electron chi connectivity index (χ2n) is 4.65. The molecule has 0 saturated heterocycles. The van der Waals surface area contributed by atoms with Gasteiger partial charge in [0.05, 0.1) is 19.1 Å². The quantitative estimate of drug-likeness (QED) is 0.782. The van der Waals surface area contributed by atoms with Gasteiger partial charge in [-0.1, -0.05) is 17.7 Å². The summed E-state index contributed by atoms with van der Waals surface area (Å²) in [7, 11) is 1.29. The summed E-state index contributed by atoms with van der Waals surface area (Å²) in [6.45, 7) is 0. The fourth-order valence-electron chi connectivity index (χ4n) is 1.91. The van der Waals surface area contributed by atoms with Gasteiger partial charge in [0.25, 0.3) is 0 Å². The molecule has 7 heteroatoms. The molecule has 0 aliphatic carbocycles. The molecule has 0 atom stereocenters. The van der Waals surface area contributed by atoms with E-state index in [2.05, 4.69) is 26.0 Å². The average molecular weight is 401 g/mol. The van der Waals surface area contributed by atoms with Crippen molar-refractivity contribution in [3.63, 3.8) is 0 Å². The Morgan fingerprint density at radius 1 is 1.26 bits per heavy atom. The van der Waals surface area contributed by atoms with Gasteiger partial charge in [0.2, 0.25) is 5.91 Å². The monoisotopic (exact) mass is 399 g/mol. The molecule has 1 N–H and O–H groups in total. The van der Waals surface area contributed by atoms with Crippen LogP contribution in [0.15, 0.2) is 40.9 Å². The normalized spacial score (nSPS) is 10.3. The third kappa shape index (κ3) is 4.53. The van der Waals surface area contributed by atoms with Crippen molar-refractivity contribution in [1.29, 1.82) is 0 Å². The number of carbonyl (C=O) groups is 2. The van der Waals surface area contributed by atoms with Crippen LogP contribution in [0.2, 0.25) is 5.02 Å². The summed E-state index contributed by atoms with van der Waals surface area (Å²) in [5.74, 6) is -1.24. The molecule has 0 aliphatic rings. The van der Waals surface area contributed by atoms with Crippen molar-refractivity contribution >= 4 is 45.1 Å². The first kappa shape index (κ1) is 17.4. The van der Waals surface area contributed by atoms with Crippen molar-refractivity contribution in [2.75, 3.05) is 12.4 Å². The van der Waals surface area contributed by atoms with Crippen molar-refractivity contribution in [2.24, 2.45) is 0 Å². The summed E-state index contributed by atoms with van der Waals surface area (Å²) >= 11 is 9.14. The van der Waals surface area contributed by atoms with E-state index in [1.807, 2.05) is 0 Å². The molecule has 0 bridgehead atoms. The Kier molecular flexibility index (Phi) is 5.74. The fraction of sp³-hybridized carbons (Fsp3) is 0.125. The van der Waals surface area contributed by atoms with Gasteiger partial charge in [-0.2, -0.15) is 0 Å². The van der Waals surface area contributed by atoms with Crippen molar-refractivity contribution < 1.29 is 18.7 Å². The molecule has 2 aromatic rings. The molecule has 120 valence electrons. The number of ether oxygens (including phenoxy) is 1. The van der Waals surface area contributed by atoms with E-state index in [0.717, 1.165) is 6.07 Å². The number of esters is 1. The second kappa shape index (κ2) is 7.57. The standard InChI is InChI=1S/C16H12BrClFNO3/c1-23-16(22)12-5-4-11(8-13(12)17)20-15(21)6-9-2-3-10(19)7-14(9)18/h2-5,7-8H,6H2,1H3,(H,20,21). The van der Waals surface area contributed by atoms with Crippen LogP contribution in [0.5, 0.6) is 0 Å². The summed E-state index contributed by atoms with van der Waals surface area (Å²) in [5.41, 5.74) is 1.38. The van der Waals surface area contributed by atoms with Crippen LogP contribution in [-0.2, 0) is 16.0 Å². The van der Waals surface area contributed by atoms with Crippen LogP contribution < -0.4 is 5.32 Å². The Balaban J connectivity index is 2.08. The molecule has 0 aliphatic heterocycles. The molecule has 0 saturated carbocycles. The fourth-order valence-corrected chi connectivity index (χ4v) is 2.69. The molecule has 2 rings (SSSR count). The zero-order valence-electron chi connectivity index (χ0n) is 12.0. The summed E-state index contributed by atoms with van der Waals surface area (Å²) < 4.78 is 18.1. The third-order valence-electron chi connectivity index (χ3n) is 3.02. The number of nitrogens with one attached hydrogen (secondary N) is 1. The van der Waals surface area contributed by atoms with Gasteiger partial charge >= 0.3 is 5.97 Å². The Labute approximate surface area is 145 Å². The summed E-state index contributed by atoms with van der Waals surface area (Å²) in [6, 6.07) is 8.59. The molecule has 1 amide bonds. The minimum Gasteiger partial charge on any atom is -0.465 e.